The van der Waals surface area contributed by atoms with E-state index in [0.29, 0.717) is 12.6 Å². The number of rotatable bonds is 10. The Morgan fingerprint density at radius 2 is 1.97 bits per heavy atom. The van der Waals surface area contributed by atoms with E-state index in [0.717, 1.165) is 71.6 Å². The van der Waals surface area contributed by atoms with Crippen LogP contribution in [0.3, 0.4) is 0 Å². The number of nitrogens with one attached hydrogen (secondary N) is 2. The van der Waals surface area contributed by atoms with E-state index >= 15 is 0 Å². The number of morpholine rings is 1. The van der Waals surface area contributed by atoms with E-state index in [4.69, 9.17) is 14.5 Å². The number of aliphatic imine (C=N–C) groups is 1. The van der Waals surface area contributed by atoms with Gasteiger partial charge in [0.2, 0.25) is 0 Å². The molecule has 2 aliphatic rings. The summed E-state index contributed by atoms with van der Waals surface area (Å²) in [5.41, 5.74) is 2.66. The van der Waals surface area contributed by atoms with Crippen LogP contribution in [0.15, 0.2) is 29.3 Å². The number of hydrogen-bond acceptors (Lipinski definition) is 5. The van der Waals surface area contributed by atoms with Crippen LogP contribution >= 0.6 is 0 Å². The minimum atomic E-state index is 0.553. The van der Waals surface area contributed by atoms with Crippen LogP contribution in [0.2, 0.25) is 0 Å². The third-order valence-corrected chi connectivity index (χ3v) is 5.95. The number of ether oxygens (including phenoxy) is 2. The second kappa shape index (κ2) is 12.9. The summed E-state index contributed by atoms with van der Waals surface area (Å²) in [6, 6.07) is 9.22. The summed E-state index contributed by atoms with van der Waals surface area (Å²) in [5, 5.41) is 6.97. The molecule has 1 unspecified atom stereocenters. The van der Waals surface area contributed by atoms with Crippen LogP contribution < -0.4 is 10.6 Å². The molecule has 0 amide bonds. The fourth-order valence-electron chi connectivity index (χ4n) is 4.22. The predicted molar refractivity (Wildman–Crippen MR) is 122 cm³/mol. The summed E-state index contributed by atoms with van der Waals surface area (Å²) in [7, 11) is 1.77. The molecule has 2 fully saturated rings. The van der Waals surface area contributed by atoms with Crippen molar-refractivity contribution in [2.45, 2.75) is 38.9 Å². The summed E-state index contributed by atoms with van der Waals surface area (Å²) in [6.45, 7) is 12.2. The van der Waals surface area contributed by atoms with E-state index in [2.05, 4.69) is 51.6 Å². The first kappa shape index (κ1) is 23.0. The van der Waals surface area contributed by atoms with Crippen molar-refractivity contribution in [3.63, 3.8) is 0 Å². The standard InChI is InChI=1S/C23H39N5O2/c1-3-24-23(26-18-22-9-6-10-28(22)13-14-29-2)25-17-20-7-4-5-8-21(20)19-27-11-15-30-16-12-27/h4-5,7-8,22H,3,6,9-19H2,1-2H3,(H2,24,25,26). The third kappa shape index (κ3) is 7.23. The number of benzene rings is 1. The van der Waals surface area contributed by atoms with Crippen molar-refractivity contribution in [1.82, 2.24) is 20.4 Å². The Kier molecular flexibility index (Phi) is 9.89. The van der Waals surface area contributed by atoms with Crippen LogP contribution in [0.25, 0.3) is 0 Å². The van der Waals surface area contributed by atoms with Gasteiger partial charge in [0.05, 0.1) is 26.4 Å². The number of nitrogens with zero attached hydrogens (tertiary/aromatic N) is 3. The van der Waals surface area contributed by atoms with E-state index in [1.807, 2.05) is 0 Å². The number of hydrogen-bond donors (Lipinski definition) is 2. The van der Waals surface area contributed by atoms with Gasteiger partial charge in [0.25, 0.3) is 0 Å². The molecule has 0 radical (unpaired) electrons. The molecule has 7 heteroatoms. The second-order valence-electron chi connectivity index (χ2n) is 8.06. The molecule has 2 heterocycles. The summed E-state index contributed by atoms with van der Waals surface area (Å²) in [6.07, 6.45) is 2.50. The van der Waals surface area contributed by atoms with Crippen molar-refractivity contribution >= 4 is 5.96 Å². The molecule has 0 bridgehead atoms. The molecule has 30 heavy (non-hydrogen) atoms. The monoisotopic (exact) mass is 417 g/mol. The quantitative estimate of drug-likeness (QED) is 0.446. The van der Waals surface area contributed by atoms with Crippen molar-refractivity contribution < 1.29 is 9.47 Å². The van der Waals surface area contributed by atoms with Gasteiger partial charge in [-0.1, -0.05) is 24.3 Å². The van der Waals surface area contributed by atoms with E-state index in [-0.39, 0.29) is 0 Å². The molecule has 2 N–H and O–H groups in total. The molecule has 168 valence electrons. The lowest BCUT2D eigenvalue weighted by molar-refractivity contribution is 0.0341. The van der Waals surface area contributed by atoms with E-state index in [1.165, 1.54) is 24.0 Å². The van der Waals surface area contributed by atoms with Crippen molar-refractivity contribution in [3.05, 3.63) is 35.4 Å². The number of guanidine groups is 1. The van der Waals surface area contributed by atoms with Crippen LogP contribution in [0.1, 0.15) is 30.9 Å². The fraction of sp³-hybridized carbons (Fsp3) is 0.696. The van der Waals surface area contributed by atoms with Gasteiger partial charge in [0.15, 0.2) is 5.96 Å². The topological polar surface area (TPSA) is 61.4 Å². The van der Waals surface area contributed by atoms with Crippen LogP contribution in [0, 0.1) is 0 Å². The molecule has 0 saturated carbocycles. The Balaban J connectivity index is 1.56. The minimum Gasteiger partial charge on any atom is -0.383 e. The van der Waals surface area contributed by atoms with Gasteiger partial charge in [-0.25, -0.2) is 4.99 Å². The number of likely N-dealkylation sites (tertiary alicyclic amines) is 1. The van der Waals surface area contributed by atoms with Crippen molar-refractivity contribution in [2.24, 2.45) is 4.99 Å². The van der Waals surface area contributed by atoms with Gasteiger partial charge in [0.1, 0.15) is 0 Å². The van der Waals surface area contributed by atoms with Gasteiger partial charge in [-0.15, -0.1) is 0 Å². The van der Waals surface area contributed by atoms with Crippen molar-refractivity contribution in [1.29, 1.82) is 0 Å². The first-order valence-electron chi connectivity index (χ1n) is 11.4. The minimum absolute atomic E-state index is 0.553. The molecule has 0 aliphatic carbocycles. The summed E-state index contributed by atoms with van der Waals surface area (Å²) in [5.74, 6) is 0.900. The van der Waals surface area contributed by atoms with Crippen molar-refractivity contribution in [2.75, 3.05) is 66.2 Å². The van der Waals surface area contributed by atoms with E-state index in [9.17, 15) is 0 Å². The van der Waals surface area contributed by atoms with Gasteiger partial charge < -0.3 is 20.1 Å². The zero-order chi connectivity index (χ0) is 21.0. The zero-order valence-electron chi connectivity index (χ0n) is 18.7. The maximum Gasteiger partial charge on any atom is 0.191 e. The maximum atomic E-state index is 5.48. The lowest BCUT2D eigenvalue weighted by atomic mass is 10.1. The molecule has 1 aromatic rings. The SMILES string of the molecule is CCNC(=NCc1ccccc1CN1CCOCC1)NCC1CCCN1CCOC. The molecular formula is C23H39N5O2. The molecule has 1 aromatic carbocycles. The average molecular weight is 418 g/mol. The molecule has 0 spiro atoms. The molecule has 1 atom stereocenters. The Bertz CT molecular complexity index is 648. The first-order valence-corrected chi connectivity index (χ1v) is 11.4. The Labute approximate surface area is 181 Å². The van der Waals surface area contributed by atoms with Gasteiger partial charge in [-0.05, 0) is 37.4 Å². The Morgan fingerprint density at radius 3 is 2.73 bits per heavy atom. The average Bonchev–Trinajstić information content (AvgIpc) is 3.23. The van der Waals surface area contributed by atoms with Crippen molar-refractivity contribution in [3.8, 4) is 0 Å². The molecular weight excluding hydrogens is 378 g/mol. The second-order valence-corrected chi connectivity index (χ2v) is 8.06. The Hall–Kier alpha value is -1.67. The van der Waals surface area contributed by atoms with Gasteiger partial charge >= 0.3 is 0 Å². The van der Waals surface area contributed by atoms with Crippen LogP contribution in [-0.2, 0) is 22.6 Å². The predicted octanol–water partition coefficient (Wildman–Crippen LogP) is 1.68. The van der Waals surface area contributed by atoms with Crippen LogP contribution in [0.4, 0.5) is 0 Å². The molecule has 3 rings (SSSR count). The normalized spacial score (nSPS) is 21.1. The van der Waals surface area contributed by atoms with Gasteiger partial charge in [0, 0.05) is 52.4 Å². The summed E-state index contributed by atoms with van der Waals surface area (Å²) in [4.78, 5) is 9.88. The lowest BCUT2D eigenvalue weighted by Crippen LogP contribution is -2.45. The highest BCUT2D eigenvalue weighted by atomic mass is 16.5. The molecule has 0 aromatic heterocycles. The van der Waals surface area contributed by atoms with Crippen LogP contribution in [-0.4, -0.2) is 88.0 Å². The highest BCUT2D eigenvalue weighted by Crippen LogP contribution is 2.16. The van der Waals surface area contributed by atoms with Gasteiger partial charge in [-0.2, -0.15) is 0 Å². The fourth-order valence-corrected chi connectivity index (χ4v) is 4.22. The maximum absolute atomic E-state index is 5.48. The largest absolute Gasteiger partial charge is 0.383 e. The number of methoxy groups -OCH3 is 1. The summed E-state index contributed by atoms with van der Waals surface area (Å²) >= 11 is 0. The smallest absolute Gasteiger partial charge is 0.191 e. The molecule has 2 aliphatic heterocycles. The van der Waals surface area contributed by atoms with Gasteiger partial charge in [-0.3, -0.25) is 9.80 Å². The third-order valence-electron chi connectivity index (χ3n) is 5.95. The zero-order valence-corrected chi connectivity index (χ0v) is 18.7. The molecule has 7 nitrogen and oxygen atoms in total. The Morgan fingerprint density at radius 1 is 1.17 bits per heavy atom. The highest BCUT2D eigenvalue weighted by Gasteiger charge is 2.24. The van der Waals surface area contributed by atoms with Crippen LogP contribution in [0.5, 0.6) is 0 Å². The first-order chi connectivity index (χ1) is 14.8. The lowest BCUT2D eigenvalue weighted by Gasteiger charge is -2.27. The highest BCUT2D eigenvalue weighted by molar-refractivity contribution is 5.79. The van der Waals surface area contributed by atoms with E-state index in [1.54, 1.807) is 7.11 Å². The molecule has 2 saturated heterocycles. The van der Waals surface area contributed by atoms with E-state index < -0.39 is 0 Å². The summed E-state index contributed by atoms with van der Waals surface area (Å²) < 4.78 is 10.7.